The van der Waals surface area contributed by atoms with Gasteiger partial charge in [-0.3, -0.25) is 0 Å². The van der Waals surface area contributed by atoms with Gasteiger partial charge in [0, 0.05) is 5.92 Å². The average molecular weight is 209 g/mol. The molecule has 4 rings (SSSR count). The van der Waals surface area contributed by atoms with Crippen molar-refractivity contribution >= 4 is 6.08 Å². The maximum atomic E-state index is 3.31. The van der Waals surface area contributed by atoms with Crippen LogP contribution in [-0.2, 0) is 6.42 Å². The second-order valence-electron chi connectivity index (χ2n) is 5.65. The van der Waals surface area contributed by atoms with Gasteiger partial charge < -0.3 is 0 Å². The Morgan fingerprint density at radius 2 is 2.06 bits per heavy atom. The van der Waals surface area contributed by atoms with E-state index < -0.39 is 0 Å². The van der Waals surface area contributed by atoms with Crippen LogP contribution in [0.1, 0.15) is 48.3 Å². The zero-order valence-electron chi connectivity index (χ0n) is 9.58. The van der Waals surface area contributed by atoms with Gasteiger partial charge in [-0.2, -0.15) is 0 Å². The molecule has 0 heterocycles. The fraction of sp³-hybridized carbons (Fsp3) is 0.500. The van der Waals surface area contributed by atoms with Crippen LogP contribution in [-0.4, -0.2) is 0 Å². The lowest BCUT2D eigenvalue weighted by molar-refractivity contribution is 0.204. The lowest BCUT2D eigenvalue weighted by Crippen LogP contribution is -2.30. The summed E-state index contributed by atoms with van der Waals surface area (Å²) in [5, 5.41) is 0. The highest BCUT2D eigenvalue weighted by molar-refractivity contribution is 5.65. The predicted octanol–water partition coefficient (Wildman–Crippen LogP) is 3.96. The van der Waals surface area contributed by atoms with Crippen molar-refractivity contribution in [2.24, 2.45) is 11.8 Å². The first-order valence-electron chi connectivity index (χ1n) is 6.64. The highest BCUT2D eigenvalue weighted by Gasteiger charge is 2.38. The van der Waals surface area contributed by atoms with Crippen molar-refractivity contribution in [3.63, 3.8) is 0 Å². The standard InChI is InChI=1S/C16H17/c1-2-7-14-12(4-1)10-13-6-3-5-11-8-9-15(14)16(11)13/h5-6,8-9,12,14-15H,1-2,4,7,10H2. The number of allylic oxidation sites excluding steroid dienone is 1. The van der Waals surface area contributed by atoms with Crippen LogP contribution in [0.4, 0.5) is 0 Å². The van der Waals surface area contributed by atoms with E-state index in [1.54, 1.807) is 11.1 Å². The summed E-state index contributed by atoms with van der Waals surface area (Å²) in [6, 6.07) is 7.72. The minimum absolute atomic E-state index is 0.749. The zero-order chi connectivity index (χ0) is 10.5. The smallest absolute Gasteiger partial charge is 0.00610 e. The first-order valence-corrected chi connectivity index (χ1v) is 6.64. The van der Waals surface area contributed by atoms with Gasteiger partial charge in [0.15, 0.2) is 0 Å². The molecule has 3 atom stereocenters. The van der Waals surface area contributed by atoms with Crippen LogP contribution in [0, 0.1) is 17.9 Å². The molecule has 0 spiro atoms. The highest BCUT2D eigenvalue weighted by atomic mass is 14.4. The molecule has 0 N–H and O–H groups in total. The first-order chi connectivity index (χ1) is 7.93. The Morgan fingerprint density at radius 3 is 3.06 bits per heavy atom. The molecule has 81 valence electrons. The summed E-state index contributed by atoms with van der Waals surface area (Å²) >= 11 is 0. The van der Waals surface area contributed by atoms with Gasteiger partial charge in [-0.25, -0.2) is 0 Å². The van der Waals surface area contributed by atoms with E-state index in [9.17, 15) is 0 Å². The molecule has 1 saturated carbocycles. The van der Waals surface area contributed by atoms with Gasteiger partial charge in [-0.15, -0.1) is 0 Å². The molecule has 3 aliphatic carbocycles. The molecule has 0 amide bonds. The van der Waals surface area contributed by atoms with Gasteiger partial charge in [-0.05, 0) is 59.9 Å². The quantitative estimate of drug-likeness (QED) is 0.606. The van der Waals surface area contributed by atoms with Gasteiger partial charge in [0.1, 0.15) is 0 Å². The van der Waals surface area contributed by atoms with E-state index in [1.165, 1.54) is 37.7 Å². The van der Waals surface area contributed by atoms with Crippen molar-refractivity contribution in [1.29, 1.82) is 0 Å². The topological polar surface area (TPSA) is 0 Å². The number of hydrogen-bond acceptors (Lipinski definition) is 0. The maximum Gasteiger partial charge on any atom is 0.00610 e. The van der Waals surface area contributed by atoms with E-state index in [4.69, 9.17) is 0 Å². The van der Waals surface area contributed by atoms with E-state index in [1.807, 2.05) is 0 Å². The summed E-state index contributed by atoms with van der Waals surface area (Å²) in [5.74, 6) is 2.65. The molecule has 1 fully saturated rings. The van der Waals surface area contributed by atoms with Crippen molar-refractivity contribution in [3.8, 4) is 0 Å². The minimum atomic E-state index is 0.749. The Bertz CT molecular complexity index is 455. The van der Waals surface area contributed by atoms with E-state index >= 15 is 0 Å². The summed E-state index contributed by atoms with van der Waals surface area (Å²) in [7, 11) is 0. The summed E-state index contributed by atoms with van der Waals surface area (Å²) in [4.78, 5) is 0. The molecule has 0 nitrogen and oxygen atoms in total. The molecule has 1 radical (unpaired) electrons. The van der Waals surface area contributed by atoms with Crippen LogP contribution < -0.4 is 0 Å². The van der Waals surface area contributed by atoms with Gasteiger partial charge >= 0.3 is 0 Å². The van der Waals surface area contributed by atoms with Crippen molar-refractivity contribution in [3.05, 3.63) is 41.0 Å². The van der Waals surface area contributed by atoms with Gasteiger partial charge in [-0.1, -0.05) is 31.1 Å². The normalized spacial score (nSPS) is 34.6. The van der Waals surface area contributed by atoms with Crippen LogP contribution in [0.15, 0.2) is 18.2 Å². The monoisotopic (exact) mass is 209 g/mol. The molecular weight excluding hydrogens is 192 g/mol. The Kier molecular flexibility index (Phi) is 1.82. The van der Waals surface area contributed by atoms with Crippen LogP contribution >= 0.6 is 0 Å². The van der Waals surface area contributed by atoms with Crippen LogP contribution in [0.5, 0.6) is 0 Å². The lowest BCUT2D eigenvalue weighted by atomic mass is 9.64. The predicted molar refractivity (Wildman–Crippen MR) is 66.2 cm³/mol. The second-order valence-corrected chi connectivity index (χ2v) is 5.65. The Morgan fingerprint density at radius 1 is 1.12 bits per heavy atom. The van der Waals surface area contributed by atoms with Crippen molar-refractivity contribution in [2.45, 2.75) is 38.0 Å². The van der Waals surface area contributed by atoms with Crippen molar-refractivity contribution < 1.29 is 0 Å². The molecule has 1 aromatic carbocycles. The van der Waals surface area contributed by atoms with Crippen LogP contribution in [0.2, 0.25) is 0 Å². The van der Waals surface area contributed by atoms with E-state index in [0.29, 0.717) is 0 Å². The summed E-state index contributed by atoms with van der Waals surface area (Å²) in [5.41, 5.74) is 4.70. The molecule has 1 aromatic rings. The Labute approximate surface area is 97.4 Å². The molecule has 0 aliphatic heterocycles. The van der Waals surface area contributed by atoms with Crippen molar-refractivity contribution in [1.82, 2.24) is 0 Å². The second kappa shape index (κ2) is 3.23. The Hall–Kier alpha value is -1.04. The lowest BCUT2D eigenvalue weighted by Gasteiger charge is -2.40. The molecule has 3 unspecified atom stereocenters. The maximum absolute atomic E-state index is 3.31. The van der Waals surface area contributed by atoms with Crippen LogP contribution in [0.25, 0.3) is 6.08 Å². The Balaban J connectivity index is 1.86. The SMILES string of the molecule is [c]1cc2c3c(c1)CC1CCCCC1C3C=C2. The van der Waals surface area contributed by atoms with Crippen molar-refractivity contribution in [2.75, 3.05) is 0 Å². The number of fused-ring (bicyclic) bond motifs is 2. The molecule has 0 bridgehead atoms. The first kappa shape index (κ1) is 9.04. The summed E-state index contributed by atoms with van der Waals surface area (Å²) < 4.78 is 0. The fourth-order valence-corrected chi connectivity index (χ4v) is 4.19. The zero-order valence-corrected chi connectivity index (χ0v) is 9.58. The highest BCUT2D eigenvalue weighted by Crippen LogP contribution is 2.50. The largest absolute Gasteiger partial charge is 0.0761 e. The van der Waals surface area contributed by atoms with E-state index in [0.717, 1.165) is 17.8 Å². The van der Waals surface area contributed by atoms with E-state index in [-0.39, 0.29) is 0 Å². The summed E-state index contributed by atoms with van der Waals surface area (Å²) in [6.45, 7) is 0. The number of rotatable bonds is 0. The minimum Gasteiger partial charge on any atom is -0.0761 e. The molecule has 3 aliphatic rings. The number of hydrogen-bond donors (Lipinski definition) is 0. The van der Waals surface area contributed by atoms with E-state index in [2.05, 4.69) is 30.4 Å². The third-order valence-electron chi connectivity index (χ3n) is 4.88. The fourth-order valence-electron chi connectivity index (χ4n) is 4.19. The number of benzene rings is 1. The molecule has 0 saturated heterocycles. The third-order valence-corrected chi connectivity index (χ3v) is 4.88. The van der Waals surface area contributed by atoms with Crippen LogP contribution in [0.3, 0.4) is 0 Å². The molecular formula is C16H17. The third kappa shape index (κ3) is 1.10. The summed E-state index contributed by atoms with van der Waals surface area (Å²) in [6.07, 6.45) is 11.9. The average Bonchev–Trinajstić information content (AvgIpc) is 2.76. The molecule has 0 heteroatoms. The molecule has 0 aromatic heterocycles. The van der Waals surface area contributed by atoms with Gasteiger partial charge in [0.25, 0.3) is 0 Å². The molecule has 16 heavy (non-hydrogen) atoms. The van der Waals surface area contributed by atoms with Gasteiger partial charge in [0.2, 0.25) is 0 Å². The van der Waals surface area contributed by atoms with Gasteiger partial charge in [0.05, 0.1) is 0 Å².